The zero-order valence-corrected chi connectivity index (χ0v) is 20.1. The molecular formula is C25H28N6O4. The maximum atomic E-state index is 12.8. The Morgan fingerprint density at radius 1 is 1.09 bits per heavy atom. The minimum atomic E-state index is -0.466. The van der Waals surface area contributed by atoms with Gasteiger partial charge in [-0.25, -0.2) is 4.68 Å². The summed E-state index contributed by atoms with van der Waals surface area (Å²) in [5, 5.41) is 13.8. The standard InChI is InChI=1S/C25H28N6O4/c1-25(2,3)17-7-9-18(10-8-17)35-16-31-12-11-20(29-31)23(32)28-21-15-27-30(4)22(21)24(33)26-14-19-6-5-13-34-19/h5-13,15H,14,16H2,1-4H3,(H,26,33)(H,28,32). The minimum Gasteiger partial charge on any atom is -0.471 e. The first-order chi connectivity index (χ1) is 16.7. The van der Waals surface area contributed by atoms with Crippen molar-refractivity contribution in [3.8, 4) is 5.75 Å². The normalized spacial score (nSPS) is 11.3. The summed E-state index contributed by atoms with van der Waals surface area (Å²) in [4.78, 5) is 25.4. The second-order valence-electron chi connectivity index (χ2n) is 9.03. The summed E-state index contributed by atoms with van der Waals surface area (Å²) in [5.41, 5.74) is 1.96. The van der Waals surface area contributed by atoms with Gasteiger partial charge in [-0.2, -0.15) is 10.2 Å². The fourth-order valence-corrected chi connectivity index (χ4v) is 3.40. The molecule has 3 aromatic heterocycles. The number of benzene rings is 1. The highest BCUT2D eigenvalue weighted by atomic mass is 16.5. The molecule has 10 nitrogen and oxygen atoms in total. The van der Waals surface area contributed by atoms with E-state index >= 15 is 0 Å². The van der Waals surface area contributed by atoms with E-state index in [4.69, 9.17) is 9.15 Å². The SMILES string of the molecule is Cn1ncc(NC(=O)c2ccn(COc3ccc(C(C)(C)C)cc3)n2)c1C(=O)NCc1ccco1. The molecule has 2 N–H and O–H groups in total. The van der Waals surface area contributed by atoms with E-state index in [1.807, 2.05) is 24.3 Å². The first kappa shape index (κ1) is 23.8. The number of anilines is 1. The van der Waals surface area contributed by atoms with Crippen LogP contribution in [0.3, 0.4) is 0 Å². The number of nitrogens with one attached hydrogen (secondary N) is 2. The summed E-state index contributed by atoms with van der Waals surface area (Å²) in [5.74, 6) is 0.462. The van der Waals surface area contributed by atoms with Crippen LogP contribution < -0.4 is 15.4 Å². The molecule has 4 aromatic rings. The third kappa shape index (κ3) is 5.78. The van der Waals surface area contributed by atoms with Crippen LogP contribution in [-0.4, -0.2) is 31.4 Å². The maximum absolute atomic E-state index is 12.8. The van der Waals surface area contributed by atoms with E-state index in [0.29, 0.717) is 11.5 Å². The van der Waals surface area contributed by atoms with Crippen molar-refractivity contribution in [3.05, 3.63) is 83.8 Å². The predicted molar refractivity (Wildman–Crippen MR) is 129 cm³/mol. The first-order valence-corrected chi connectivity index (χ1v) is 11.1. The van der Waals surface area contributed by atoms with Crippen LogP contribution in [0.5, 0.6) is 5.75 Å². The number of hydrogen-bond donors (Lipinski definition) is 2. The second-order valence-corrected chi connectivity index (χ2v) is 9.03. The van der Waals surface area contributed by atoms with Crippen molar-refractivity contribution < 1.29 is 18.7 Å². The Balaban J connectivity index is 1.35. The van der Waals surface area contributed by atoms with E-state index in [-0.39, 0.29) is 35.8 Å². The van der Waals surface area contributed by atoms with Gasteiger partial charge in [0, 0.05) is 13.2 Å². The van der Waals surface area contributed by atoms with Crippen LogP contribution >= 0.6 is 0 Å². The number of hydrogen-bond acceptors (Lipinski definition) is 6. The summed E-state index contributed by atoms with van der Waals surface area (Å²) >= 11 is 0. The van der Waals surface area contributed by atoms with Gasteiger partial charge in [-0.15, -0.1) is 0 Å². The van der Waals surface area contributed by atoms with Gasteiger partial charge in [-0.3, -0.25) is 14.3 Å². The van der Waals surface area contributed by atoms with Crippen LogP contribution in [0, 0.1) is 0 Å². The van der Waals surface area contributed by atoms with Crippen molar-refractivity contribution in [3.63, 3.8) is 0 Å². The zero-order valence-electron chi connectivity index (χ0n) is 20.1. The molecule has 0 fully saturated rings. The highest BCUT2D eigenvalue weighted by Gasteiger charge is 2.20. The number of furan rings is 1. The molecule has 3 heterocycles. The van der Waals surface area contributed by atoms with Crippen LogP contribution in [0.2, 0.25) is 0 Å². The van der Waals surface area contributed by atoms with Crippen molar-refractivity contribution >= 4 is 17.5 Å². The summed E-state index contributed by atoms with van der Waals surface area (Å²) in [6.07, 6.45) is 4.60. The van der Waals surface area contributed by atoms with E-state index in [0.717, 1.165) is 0 Å². The van der Waals surface area contributed by atoms with E-state index in [1.54, 1.807) is 31.4 Å². The number of rotatable bonds is 8. The number of nitrogens with zero attached hydrogens (tertiary/aromatic N) is 4. The highest BCUT2D eigenvalue weighted by Crippen LogP contribution is 2.24. The van der Waals surface area contributed by atoms with Crippen LogP contribution in [0.4, 0.5) is 5.69 Å². The molecule has 0 aliphatic carbocycles. The Labute approximate surface area is 202 Å². The molecule has 0 bridgehead atoms. The fraction of sp³-hybridized carbons (Fsp3) is 0.280. The Hall–Kier alpha value is -4.34. The van der Waals surface area contributed by atoms with Gasteiger partial charge in [0.1, 0.15) is 17.2 Å². The molecule has 0 unspecified atom stereocenters. The lowest BCUT2D eigenvalue weighted by Crippen LogP contribution is -2.26. The molecule has 35 heavy (non-hydrogen) atoms. The molecule has 4 rings (SSSR count). The second kappa shape index (κ2) is 9.88. The van der Waals surface area contributed by atoms with Crippen molar-refractivity contribution in [2.24, 2.45) is 7.05 Å². The van der Waals surface area contributed by atoms with Crippen molar-refractivity contribution in [2.75, 3.05) is 5.32 Å². The zero-order chi connectivity index (χ0) is 25.0. The van der Waals surface area contributed by atoms with Gasteiger partial charge in [0.15, 0.2) is 12.4 Å². The lowest BCUT2D eigenvalue weighted by molar-refractivity contribution is 0.0939. The Morgan fingerprint density at radius 2 is 1.86 bits per heavy atom. The van der Waals surface area contributed by atoms with Gasteiger partial charge in [-0.1, -0.05) is 32.9 Å². The molecule has 1 aromatic carbocycles. The average molecular weight is 477 g/mol. The Kier molecular flexibility index (Phi) is 6.72. The Morgan fingerprint density at radius 3 is 2.54 bits per heavy atom. The maximum Gasteiger partial charge on any atom is 0.276 e. The van der Waals surface area contributed by atoms with Crippen LogP contribution in [-0.2, 0) is 25.7 Å². The molecule has 0 saturated carbocycles. The molecule has 0 aliphatic heterocycles. The van der Waals surface area contributed by atoms with E-state index in [1.165, 1.54) is 27.4 Å². The van der Waals surface area contributed by atoms with E-state index in [9.17, 15) is 9.59 Å². The van der Waals surface area contributed by atoms with Crippen molar-refractivity contribution in [2.45, 2.75) is 39.5 Å². The third-order valence-electron chi connectivity index (χ3n) is 5.36. The number of aryl methyl sites for hydroxylation is 1. The van der Waals surface area contributed by atoms with E-state index < -0.39 is 11.8 Å². The quantitative estimate of drug-likeness (QED) is 0.400. The summed E-state index contributed by atoms with van der Waals surface area (Å²) in [7, 11) is 1.62. The summed E-state index contributed by atoms with van der Waals surface area (Å²) < 4.78 is 13.9. The van der Waals surface area contributed by atoms with E-state index in [2.05, 4.69) is 41.6 Å². The molecular weight excluding hydrogens is 448 g/mol. The predicted octanol–water partition coefficient (Wildman–Crippen LogP) is 3.73. The summed E-state index contributed by atoms with van der Waals surface area (Å²) in [6.45, 7) is 6.83. The summed E-state index contributed by atoms with van der Waals surface area (Å²) in [6, 6.07) is 13.0. The third-order valence-corrected chi connectivity index (χ3v) is 5.36. The molecule has 0 aliphatic rings. The molecule has 0 spiro atoms. The average Bonchev–Trinajstić information content (AvgIpc) is 3.58. The number of amides is 2. The van der Waals surface area contributed by atoms with Crippen molar-refractivity contribution in [1.82, 2.24) is 24.9 Å². The minimum absolute atomic E-state index is 0.0665. The molecule has 0 radical (unpaired) electrons. The lowest BCUT2D eigenvalue weighted by Gasteiger charge is -2.19. The van der Waals surface area contributed by atoms with Crippen LogP contribution in [0.1, 0.15) is 53.1 Å². The fourth-order valence-electron chi connectivity index (χ4n) is 3.40. The van der Waals surface area contributed by atoms with Gasteiger partial charge in [0.2, 0.25) is 0 Å². The van der Waals surface area contributed by atoms with Crippen LogP contribution in [0.25, 0.3) is 0 Å². The topological polar surface area (TPSA) is 116 Å². The van der Waals surface area contributed by atoms with Crippen molar-refractivity contribution in [1.29, 1.82) is 0 Å². The van der Waals surface area contributed by atoms with Gasteiger partial charge >= 0.3 is 0 Å². The number of carbonyl (C=O) groups excluding carboxylic acids is 2. The Bertz CT molecular complexity index is 1300. The number of ether oxygens (including phenoxy) is 1. The highest BCUT2D eigenvalue weighted by molar-refractivity contribution is 6.07. The van der Waals surface area contributed by atoms with Crippen LogP contribution in [0.15, 0.2) is 65.5 Å². The first-order valence-electron chi connectivity index (χ1n) is 11.1. The number of aromatic nitrogens is 4. The largest absolute Gasteiger partial charge is 0.471 e. The molecule has 182 valence electrons. The van der Waals surface area contributed by atoms with Gasteiger partial charge < -0.3 is 19.8 Å². The van der Waals surface area contributed by atoms with Gasteiger partial charge in [0.25, 0.3) is 11.8 Å². The molecule has 0 saturated heterocycles. The molecule has 2 amide bonds. The van der Waals surface area contributed by atoms with Gasteiger partial charge in [-0.05, 0) is 41.3 Å². The number of carbonyl (C=O) groups is 2. The molecule has 0 atom stereocenters. The smallest absolute Gasteiger partial charge is 0.276 e. The monoisotopic (exact) mass is 476 g/mol. The molecule has 10 heteroatoms. The van der Waals surface area contributed by atoms with Gasteiger partial charge in [0.05, 0.1) is 24.7 Å². The lowest BCUT2D eigenvalue weighted by atomic mass is 9.87.